The molecule has 3 aromatic heterocycles. The normalized spacial score (nSPS) is 23.8. The molecule has 1 N–H and O–H groups in total. The lowest BCUT2D eigenvalue weighted by Gasteiger charge is -2.48. The van der Waals surface area contributed by atoms with Crippen molar-refractivity contribution in [1.29, 1.82) is 0 Å². The summed E-state index contributed by atoms with van der Waals surface area (Å²) in [6.07, 6.45) is 10.7. The van der Waals surface area contributed by atoms with Crippen LogP contribution in [0.4, 0.5) is 5.82 Å². The second-order valence-electron chi connectivity index (χ2n) is 14.0. The highest BCUT2D eigenvalue weighted by Gasteiger charge is 2.44. The summed E-state index contributed by atoms with van der Waals surface area (Å²) in [5.74, 6) is 4.93. The van der Waals surface area contributed by atoms with E-state index in [0.29, 0.717) is 34.4 Å². The number of carbonyl (C=O) groups is 3. The second-order valence-corrected chi connectivity index (χ2v) is 14.8. The molecule has 0 radical (unpaired) electrons. The molecular formula is C39H50BrN7O3. The maximum atomic E-state index is 13.1. The highest BCUT2D eigenvalue weighted by molar-refractivity contribution is 9.10. The van der Waals surface area contributed by atoms with Crippen LogP contribution < -0.4 is 5.32 Å². The fraction of sp³-hybridized carbons (Fsp3) is 0.513. The minimum Gasteiger partial charge on any atom is -0.338 e. The molecule has 1 aromatic carbocycles. The zero-order valence-electron chi connectivity index (χ0n) is 30.3. The lowest BCUT2D eigenvalue weighted by molar-refractivity contribution is -0.132. The molecule has 1 aliphatic heterocycles. The molecule has 1 saturated heterocycles. The molecule has 11 heteroatoms. The molecule has 4 heterocycles. The summed E-state index contributed by atoms with van der Waals surface area (Å²) < 4.78 is 2.40. The number of carbonyl (C=O) groups excluding carboxylic acids is 3. The Labute approximate surface area is 304 Å². The van der Waals surface area contributed by atoms with Crippen molar-refractivity contribution in [2.24, 2.45) is 23.7 Å². The molecule has 3 fully saturated rings. The third-order valence-corrected chi connectivity index (χ3v) is 11.1. The van der Waals surface area contributed by atoms with Crippen molar-refractivity contribution in [3.8, 4) is 11.1 Å². The molecule has 266 valence electrons. The number of aromatic nitrogens is 5. The molecule has 0 spiro atoms. The van der Waals surface area contributed by atoms with E-state index in [1.54, 1.807) is 4.68 Å². The summed E-state index contributed by atoms with van der Waals surface area (Å²) >= 11 is 3.20. The number of fused-ring (bicyclic) bond motifs is 1. The van der Waals surface area contributed by atoms with Crippen molar-refractivity contribution in [1.82, 2.24) is 29.6 Å². The molecular weight excluding hydrogens is 694 g/mol. The van der Waals surface area contributed by atoms with Crippen LogP contribution >= 0.6 is 15.9 Å². The van der Waals surface area contributed by atoms with Gasteiger partial charge in [0.15, 0.2) is 5.78 Å². The summed E-state index contributed by atoms with van der Waals surface area (Å²) in [5, 5.41) is 7.83. The van der Waals surface area contributed by atoms with Crippen molar-refractivity contribution >= 4 is 50.8 Å². The quantitative estimate of drug-likeness (QED) is 0.110. The van der Waals surface area contributed by atoms with Gasteiger partial charge in [-0.2, -0.15) is 5.10 Å². The standard InChI is InChI=1S/C30H37N5O2.C7H7BrN2O.C2H6/c1-17-11-19(3)34(15-17)28(37)16-35-27-10-6-21(12-26(27)29(33-35)20(4)36)22-13-31-30(32-14-22)25-9-8-24(25)23-7-5-18(23)2;1-5-2-3-6(8)10-7(5)9-4-11;1-2/h6,10,12-14,17-19,23-25H,5,7-9,11,15-16H2,1-4H3;2-4H,1H3,(H,9,10,11);1-2H3. The van der Waals surface area contributed by atoms with E-state index < -0.39 is 0 Å². The summed E-state index contributed by atoms with van der Waals surface area (Å²) in [6.45, 7) is 15.0. The van der Waals surface area contributed by atoms with E-state index in [-0.39, 0.29) is 24.3 Å². The van der Waals surface area contributed by atoms with Crippen molar-refractivity contribution in [2.45, 2.75) is 99.1 Å². The number of likely N-dealkylation sites (tertiary alicyclic amines) is 1. The van der Waals surface area contributed by atoms with Gasteiger partial charge in [0, 0.05) is 48.8 Å². The van der Waals surface area contributed by atoms with Gasteiger partial charge in [-0.1, -0.05) is 46.2 Å². The first-order chi connectivity index (χ1) is 24.0. The highest BCUT2D eigenvalue weighted by atomic mass is 79.9. The Bertz CT molecular complexity index is 1820. The Morgan fingerprint density at radius 2 is 1.70 bits per heavy atom. The molecule has 2 aliphatic carbocycles. The molecule has 50 heavy (non-hydrogen) atoms. The number of Topliss-reactive ketones (excluding diaryl/α,β-unsaturated/α-hetero) is 1. The van der Waals surface area contributed by atoms with Crippen molar-refractivity contribution < 1.29 is 14.4 Å². The average molecular weight is 745 g/mol. The monoisotopic (exact) mass is 743 g/mol. The summed E-state index contributed by atoms with van der Waals surface area (Å²) in [4.78, 5) is 51.1. The second kappa shape index (κ2) is 16.4. The number of pyridine rings is 1. The number of ketones is 1. The molecule has 3 aliphatic rings. The Morgan fingerprint density at radius 1 is 0.980 bits per heavy atom. The first-order valence-corrected chi connectivity index (χ1v) is 18.8. The van der Waals surface area contributed by atoms with Gasteiger partial charge in [-0.05, 0) is 108 Å². The molecule has 6 unspecified atom stereocenters. The molecule has 0 bridgehead atoms. The van der Waals surface area contributed by atoms with E-state index in [9.17, 15) is 14.4 Å². The highest BCUT2D eigenvalue weighted by Crippen LogP contribution is 2.53. The van der Waals surface area contributed by atoms with Gasteiger partial charge in [-0.25, -0.2) is 15.0 Å². The lowest BCUT2D eigenvalue weighted by Crippen LogP contribution is -2.39. The number of hydrogen-bond acceptors (Lipinski definition) is 7. The molecule has 2 saturated carbocycles. The van der Waals surface area contributed by atoms with Gasteiger partial charge in [-0.15, -0.1) is 0 Å². The zero-order chi connectivity index (χ0) is 36.1. The Hall–Kier alpha value is -3.99. The van der Waals surface area contributed by atoms with Gasteiger partial charge < -0.3 is 10.2 Å². The largest absolute Gasteiger partial charge is 0.338 e. The van der Waals surface area contributed by atoms with Gasteiger partial charge in [0.1, 0.15) is 28.5 Å². The van der Waals surface area contributed by atoms with Crippen LogP contribution in [0.15, 0.2) is 47.3 Å². The number of benzene rings is 1. The third-order valence-electron chi connectivity index (χ3n) is 10.6. The van der Waals surface area contributed by atoms with E-state index in [0.717, 1.165) is 64.1 Å². The Balaban J connectivity index is 0.000000318. The van der Waals surface area contributed by atoms with Crippen LogP contribution in [-0.4, -0.2) is 60.3 Å². The summed E-state index contributed by atoms with van der Waals surface area (Å²) in [7, 11) is 0. The van der Waals surface area contributed by atoms with Crippen LogP contribution in [0.3, 0.4) is 0 Å². The maximum Gasteiger partial charge on any atom is 0.244 e. The number of nitrogens with zero attached hydrogens (tertiary/aromatic N) is 6. The summed E-state index contributed by atoms with van der Waals surface area (Å²) in [6, 6.07) is 9.89. The van der Waals surface area contributed by atoms with Crippen LogP contribution in [0.25, 0.3) is 22.0 Å². The summed E-state index contributed by atoms with van der Waals surface area (Å²) in [5.41, 5.74) is 4.02. The average Bonchev–Trinajstić information content (AvgIpc) is 3.63. The number of rotatable bonds is 8. The Morgan fingerprint density at radius 3 is 2.26 bits per heavy atom. The zero-order valence-corrected chi connectivity index (χ0v) is 31.9. The number of aryl methyl sites for hydroxylation is 1. The minimum atomic E-state index is -0.107. The molecule has 10 nitrogen and oxygen atoms in total. The molecule has 2 amide bonds. The number of hydrogen-bond donors (Lipinski definition) is 1. The third kappa shape index (κ3) is 7.98. The van der Waals surface area contributed by atoms with Gasteiger partial charge in [0.05, 0.1) is 5.52 Å². The minimum absolute atomic E-state index is 0.0509. The van der Waals surface area contributed by atoms with Crippen LogP contribution in [0.2, 0.25) is 0 Å². The van der Waals surface area contributed by atoms with Crippen LogP contribution in [-0.2, 0) is 16.1 Å². The molecule has 6 atom stereocenters. The van der Waals surface area contributed by atoms with Crippen LogP contribution in [0, 0.1) is 30.6 Å². The van der Waals surface area contributed by atoms with Crippen molar-refractivity contribution in [2.75, 3.05) is 11.9 Å². The number of anilines is 1. The van der Waals surface area contributed by atoms with Crippen LogP contribution in [0.1, 0.15) is 101 Å². The molecule has 4 aromatic rings. The lowest BCUT2D eigenvalue weighted by atomic mass is 9.57. The van der Waals surface area contributed by atoms with Gasteiger partial charge in [0.25, 0.3) is 0 Å². The van der Waals surface area contributed by atoms with E-state index >= 15 is 0 Å². The van der Waals surface area contributed by atoms with Crippen molar-refractivity contribution in [3.05, 3.63) is 64.4 Å². The number of nitrogens with one attached hydrogen (secondary N) is 1. The topological polar surface area (TPSA) is 123 Å². The first-order valence-electron chi connectivity index (χ1n) is 18.0. The fourth-order valence-corrected chi connectivity index (χ4v) is 7.99. The maximum absolute atomic E-state index is 13.1. The van der Waals surface area contributed by atoms with Gasteiger partial charge >= 0.3 is 0 Å². The predicted molar refractivity (Wildman–Crippen MR) is 201 cm³/mol. The fourth-order valence-electron chi connectivity index (χ4n) is 7.68. The number of amides is 2. The Kier molecular flexibility index (Phi) is 12.2. The van der Waals surface area contributed by atoms with Gasteiger partial charge in [0.2, 0.25) is 12.3 Å². The number of halogens is 1. The van der Waals surface area contributed by atoms with Crippen LogP contribution in [0.5, 0.6) is 0 Å². The van der Waals surface area contributed by atoms with Crippen molar-refractivity contribution in [3.63, 3.8) is 0 Å². The van der Waals surface area contributed by atoms with Gasteiger partial charge in [-0.3, -0.25) is 19.1 Å². The van der Waals surface area contributed by atoms with E-state index in [1.807, 2.05) is 68.4 Å². The van der Waals surface area contributed by atoms with E-state index in [2.05, 4.69) is 52.1 Å². The van der Waals surface area contributed by atoms with E-state index in [4.69, 9.17) is 9.97 Å². The SMILES string of the molecule is CC.CC(=O)c1nn(CC(=O)N2CC(C)CC2C)c2ccc(-c3cnc(C4CCC4C4CCC4C)nc3)cc12.Cc1ccc(Br)nc1NC=O. The first kappa shape index (κ1) is 37.3. The smallest absolute Gasteiger partial charge is 0.244 e. The van der Waals surface area contributed by atoms with E-state index in [1.165, 1.54) is 32.6 Å². The molecule has 7 rings (SSSR count). The predicted octanol–water partition coefficient (Wildman–Crippen LogP) is 8.24.